The Morgan fingerprint density at radius 3 is 2.30 bits per heavy atom. The van der Waals surface area contributed by atoms with Crippen LogP contribution in [0.4, 0.5) is 0 Å². The first kappa shape index (κ1) is 10.2. The molecule has 10 heavy (non-hydrogen) atoms. The number of aromatic hydroxyl groups is 1. The van der Waals surface area contributed by atoms with Crippen LogP contribution in [0.1, 0.15) is 8.42 Å². The van der Waals surface area contributed by atoms with E-state index in [1.165, 1.54) is 0 Å². The summed E-state index contributed by atoms with van der Waals surface area (Å²) in [5.41, 5.74) is 0.567. The molecular formula is C7H10CaO2. The normalized spacial score (nSPS) is 8.50. The maximum atomic E-state index is 8.95. The van der Waals surface area contributed by atoms with E-state index in [2.05, 4.69) is 0 Å². The molecule has 0 heterocycles. The molecule has 3 heteroatoms. The number of benzene rings is 1. The van der Waals surface area contributed by atoms with Gasteiger partial charge in [-0.3, -0.25) is 0 Å². The summed E-state index contributed by atoms with van der Waals surface area (Å²) in [5.74, 6) is 0.153. The fourth-order valence-corrected chi connectivity index (χ4v) is 0.645. The van der Waals surface area contributed by atoms with Gasteiger partial charge in [-0.25, -0.2) is 0 Å². The number of aliphatic hydroxyl groups is 1. The first-order chi connectivity index (χ1) is 4.34. The molecule has 0 fully saturated rings. The van der Waals surface area contributed by atoms with E-state index >= 15 is 0 Å². The van der Waals surface area contributed by atoms with Gasteiger partial charge in [0.15, 0.2) is 0 Å². The second kappa shape index (κ2) is 4.97. The van der Waals surface area contributed by atoms with Gasteiger partial charge in [0.25, 0.3) is 0 Å². The molecule has 0 radical (unpaired) electrons. The van der Waals surface area contributed by atoms with Crippen molar-refractivity contribution in [2.24, 2.45) is 0 Å². The average molecular weight is 166 g/mol. The van der Waals surface area contributed by atoms with E-state index < -0.39 is 0 Å². The van der Waals surface area contributed by atoms with Crippen molar-refractivity contribution in [1.82, 2.24) is 0 Å². The third-order valence-corrected chi connectivity index (χ3v) is 1.16. The van der Waals surface area contributed by atoms with Crippen molar-refractivity contribution in [1.29, 1.82) is 0 Å². The Labute approximate surface area is 92.5 Å². The predicted octanol–water partition coefficient (Wildman–Crippen LogP) is 0.729. The largest absolute Gasteiger partial charge is 2.00 e. The molecule has 0 saturated carbocycles. The van der Waals surface area contributed by atoms with Crippen LogP contribution in [0.2, 0.25) is 0 Å². The number of hydrogen-bond donors (Lipinski definition) is 2. The monoisotopic (exact) mass is 166 g/mol. The SMILES string of the molecule is OCc1ccccc1O.[Ca+2].[H-].[H-]. The molecule has 0 aliphatic carbocycles. The van der Waals surface area contributed by atoms with Crippen molar-refractivity contribution < 1.29 is 13.1 Å². The van der Waals surface area contributed by atoms with Crippen LogP contribution in [0.15, 0.2) is 24.3 Å². The molecule has 0 aromatic heterocycles. The van der Waals surface area contributed by atoms with Gasteiger partial charge in [0.05, 0.1) is 6.61 Å². The Morgan fingerprint density at radius 2 is 1.90 bits per heavy atom. The maximum absolute atomic E-state index is 8.95. The molecule has 0 aliphatic heterocycles. The minimum atomic E-state index is -0.104. The molecule has 0 spiro atoms. The van der Waals surface area contributed by atoms with Crippen LogP contribution in [0.3, 0.4) is 0 Å². The van der Waals surface area contributed by atoms with Crippen molar-refractivity contribution in [3.63, 3.8) is 0 Å². The van der Waals surface area contributed by atoms with Gasteiger partial charge in [0.2, 0.25) is 0 Å². The van der Waals surface area contributed by atoms with E-state index in [1.807, 2.05) is 0 Å². The van der Waals surface area contributed by atoms with E-state index in [0.29, 0.717) is 5.56 Å². The molecule has 0 saturated heterocycles. The summed E-state index contributed by atoms with van der Waals surface area (Å²) in [5, 5.41) is 17.5. The zero-order valence-corrected chi connectivity index (χ0v) is 7.83. The van der Waals surface area contributed by atoms with Crippen molar-refractivity contribution in [3.05, 3.63) is 29.8 Å². The Hall–Kier alpha value is 0.240. The Kier molecular flexibility index (Phi) is 5.08. The van der Waals surface area contributed by atoms with Crippen LogP contribution in [0.25, 0.3) is 0 Å². The topological polar surface area (TPSA) is 40.5 Å². The van der Waals surface area contributed by atoms with Crippen molar-refractivity contribution in [2.45, 2.75) is 6.61 Å². The molecule has 0 amide bonds. The molecular weight excluding hydrogens is 156 g/mol. The third-order valence-electron chi connectivity index (χ3n) is 1.16. The summed E-state index contributed by atoms with van der Waals surface area (Å²) in [6, 6.07) is 6.71. The molecule has 2 nitrogen and oxygen atoms in total. The second-order valence-corrected chi connectivity index (χ2v) is 1.79. The first-order valence-electron chi connectivity index (χ1n) is 2.72. The van der Waals surface area contributed by atoms with Gasteiger partial charge in [-0.15, -0.1) is 0 Å². The average Bonchev–Trinajstić information content (AvgIpc) is 1.89. The van der Waals surface area contributed by atoms with E-state index in [0.717, 1.165) is 0 Å². The van der Waals surface area contributed by atoms with E-state index in [1.54, 1.807) is 24.3 Å². The molecule has 0 bridgehead atoms. The molecule has 52 valence electrons. The molecule has 0 aliphatic rings. The van der Waals surface area contributed by atoms with Crippen molar-refractivity contribution in [3.8, 4) is 5.75 Å². The Balaban J connectivity index is -0.000000270. The van der Waals surface area contributed by atoms with Crippen LogP contribution in [0.5, 0.6) is 5.75 Å². The summed E-state index contributed by atoms with van der Waals surface area (Å²) >= 11 is 0. The van der Waals surface area contributed by atoms with E-state index in [4.69, 9.17) is 10.2 Å². The summed E-state index contributed by atoms with van der Waals surface area (Å²) in [7, 11) is 0. The van der Waals surface area contributed by atoms with E-state index in [-0.39, 0.29) is 52.9 Å². The second-order valence-electron chi connectivity index (χ2n) is 1.79. The quantitative estimate of drug-likeness (QED) is 0.604. The van der Waals surface area contributed by atoms with Crippen molar-refractivity contribution >= 4 is 37.7 Å². The Morgan fingerprint density at radius 1 is 1.30 bits per heavy atom. The zero-order chi connectivity index (χ0) is 6.69. The summed E-state index contributed by atoms with van der Waals surface area (Å²) < 4.78 is 0. The number of phenols is 1. The van der Waals surface area contributed by atoms with Gasteiger partial charge < -0.3 is 13.1 Å². The predicted molar refractivity (Wildman–Crippen MR) is 42.0 cm³/mol. The standard InChI is InChI=1S/C7H8O2.Ca.2H/c8-5-6-3-1-2-4-7(6)9;;;/h1-4,8-9H,5H2;;;/q;+2;2*-1. The minimum Gasteiger partial charge on any atom is -1.00 e. The molecule has 0 unspecified atom stereocenters. The van der Waals surface area contributed by atoms with Crippen LogP contribution in [0, 0.1) is 0 Å². The smallest absolute Gasteiger partial charge is 1.00 e. The fraction of sp³-hybridized carbons (Fsp3) is 0.143. The van der Waals surface area contributed by atoms with Crippen LogP contribution < -0.4 is 0 Å². The van der Waals surface area contributed by atoms with Gasteiger partial charge in [-0.2, -0.15) is 0 Å². The van der Waals surface area contributed by atoms with Gasteiger partial charge in [0.1, 0.15) is 5.75 Å². The number of para-hydroxylation sites is 1. The minimum absolute atomic E-state index is 0. The summed E-state index contributed by atoms with van der Waals surface area (Å²) in [6.45, 7) is -0.104. The van der Waals surface area contributed by atoms with Gasteiger partial charge in [-0.05, 0) is 6.07 Å². The first-order valence-corrected chi connectivity index (χ1v) is 2.72. The summed E-state index contributed by atoms with van der Waals surface area (Å²) in [6.07, 6.45) is 0. The van der Waals surface area contributed by atoms with Gasteiger partial charge >= 0.3 is 37.7 Å². The molecule has 0 atom stereocenters. The Bertz CT molecular complexity index is 208. The molecule has 1 rings (SSSR count). The maximum Gasteiger partial charge on any atom is 2.00 e. The van der Waals surface area contributed by atoms with Gasteiger partial charge in [-0.1, -0.05) is 18.2 Å². The van der Waals surface area contributed by atoms with E-state index in [9.17, 15) is 0 Å². The molecule has 2 N–H and O–H groups in total. The molecule has 1 aromatic carbocycles. The van der Waals surface area contributed by atoms with Crippen LogP contribution >= 0.6 is 0 Å². The van der Waals surface area contributed by atoms with Crippen LogP contribution in [-0.4, -0.2) is 48.0 Å². The number of rotatable bonds is 1. The summed E-state index contributed by atoms with van der Waals surface area (Å²) in [4.78, 5) is 0. The zero-order valence-electron chi connectivity index (χ0n) is 7.62. The van der Waals surface area contributed by atoms with Crippen LogP contribution in [-0.2, 0) is 6.61 Å². The fourth-order valence-electron chi connectivity index (χ4n) is 0.645. The molecule has 1 aromatic rings. The number of aliphatic hydroxyl groups excluding tert-OH is 1. The van der Waals surface area contributed by atoms with Crippen molar-refractivity contribution in [2.75, 3.05) is 0 Å². The van der Waals surface area contributed by atoms with Gasteiger partial charge in [0, 0.05) is 5.56 Å². The number of hydrogen-bond acceptors (Lipinski definition) is 2. The third kappa shape index (κ3) is 2.46.